The number of amides is 3. The molecular formula is C28H24FN3O4. The summed E-state index contributed by atoms with van der Waals surface area (Å²) in [7, 11) is 0. The maximum atomic E-state index is 14.4. The number of carbonyl (C=O) groups is 3. The largest absolute Gasteiger partial charge is 0.508 e. The smallest absolute Gasteiger partial charge is 0.250 e. The van der Waals surface area contributed by atoms with Crippen LogP contribution >= 0.6 is 0 Å². The van der Waals surface area contributed by atoms with Gasteiger partial charge >= 0.3 is 0 Å². The van der Waals surface area contributed by atoms with Crippen molar-refractivity contribution >= 4 is 29.1 Å². The minimum atomic E-state index is -1.57. The number of aromatic hydroxyl groups is 1. The number of phenolic OH excluding ortho intramolecular Hbond substituents is 1. The van der Waals surface area contributed by atoms with E-state index in [1.165, 1.54) is 23.1 Å². The lowest BCUT2D eigenvalue weighted by molar-refractivity contribution is -0.130. The van der Waals surface area contributed by atoms with Crippen molar-refractivity contribution in [2.45, 2.75) is 31.3 Å². The molecule has 0 aromatic heterocycles. The quantitative estimate of drug-likeness (QED) is 0.493. The van der Waals surface area contributed by atoms with Crippen molar-refractivity contribution in [3.8, 4) is 5.75 Å². The second kappa shape index (κ2) is 7.99. The van der Waals surface area contributed by atoms with Crippen LogP contribution in [-0.2, 0) is 32.8 Å². The van der Waals surface area contributed by atoms with Crippen LogP contribution in [0.2, 0.25) is 0 Å². The van der Waals surface area contributed by atoms with E-state index in [9.17, 15) is 23.9 Å². The highest BCUT2D eigenvalue weighted by molar-refractivity contribution is 6.25. The molecule has 6 rings (SSSR count). The van der Waals surface area contributed by atoms with Gasteiger partial charge in [-0.1, -0.05) is 31.2 Å². The molecular weight excluding hydrogens is 461 g/mol. The zero-order valence-corrected chi connectivity index (χ0v) is 19.5. The standard InChI is InChI=1S/C28H24FN3O4/c1-2-15-3-8-18(9-4-15)32-25(34)23-22(13-16-5-10-19(33)11-6-16)31-28(24(23)26(32)35)20-14-17(29)7-12-21(20)30-27(28)36/h3-12,14,22-24,31,33H,2,13H2,1H3,(H,30,36)/t22?,23-,24+,28?/m1/s1. The monoisotopic (exact) mass is 485 g/mol. The van der Waals surface area contributed by atoms with Gasteiger partial charge in [-0.2, -0.15) is 0 Å². The van der Waals surface area contributed by atoms with Gasteiger partial charge in [0.25, 0.3) is 0 Å². The molecule has 3 aromatic carbocycles. The number of hydrogen-bond acceptors (Lipinski definition) is 5. The average Bonchev–Trinajstić information content (AvgIpc) is 3.45. The molecule has 3 heterocycles. The molecule has 2 saturated heterocycles. The zero-order valence-electron chi connectivity index (χ0n) is 19.5. The molecule has 182 valence electrons. The van der Waals surface area contributed by atoms with E-state index in [0.29, 0.717) is 23.4 Å². The number of fused-ring (bicyclic) bond motifs is 4. The second-order valence-electron chi connectivity index (χ2n) is 9.61. The Morgan fingerprint density at radius 3 is 2.33 bits per heavy atom. The third kappa shape index (κ3) is 3.10. The van der Waals surface area contributed by atoms with Gasteiger partial charge in [-0.3, -0.25) is 19.7 Å². The number of aryl methyl sites for hydroxylation is 1. The molecule has 3 amide bonds. The van der Waals surface area contributed by atoms with Crippen molar-refractivity contribution < 1.29 is 23.9 Å². The van der Waals surface area contributed by atoms with E-state index < -0.39 is 41.0 Å². The number of imide groups is 1. The molecule has 0 bridgehead atoms. The topological polar surface area (TPSA) is 98.7 Å². The van der Waals surface area contributed by atoms with E-state index in [2.05, 4.69) is 10.6 Å². The Morgan fingerprint density at radius 2 is 1.64 bits per heavy atom. The summed E-state index contributed by atoms with van der Waals surface area (Å²) >= 11 is 0. The maximum absolute atomic E-state index is 14.4. The van der Waals surface area contributed by atoms with Crippen LogP contribution in [0.1, 0.15) is 23.6 Å². The van der Waals surface area contributed by atoms with Crippen molar-refractivity contribution in [1.82, 2.24) is 5.32 Å². The predicted octanol–water partition coefficient (Wildman–Crippen LogP) is 3.26. The first-order valence-corrected chi connectivity index (χ1v) is 12.0. The van der Waals surface area contributed by atoms with E-state index in [1.54, 1.807) is 36.4 Å². The Labute approximate surface area is 206 Å². The van der Waals surface area contributed by atoms with Crippen LogP contribution in [0.25, 0.3) is 0 Å². The molecule has 0 radical (unpaired) electrons. The fraction of sp³-hybridized carbons (Fsp3) is 0.250. The van der Waals surface area contributed by atoms with Crippen molar-refractivity contribution in [3.05, 3.63) is 89.2 Å². The molecule has 3 aromatic rings. The molecule has 2 fully saturated rings. The number of hydrogen-bond donors (Lipinski definition) is 3. The maximum Gasteiger partial charge on any atom is 0.250 e. The fourth-order valence-electron chi connectivity index (χ4n) is 5.97. The second-order valence-corrected chi connectivity index (χ2v) is 9.61. The van der Waals surface area contributed by atoms with Gasteiger partial charge in [0.2, 0.25) is 17.7 Å². The summed E-state index contributed by atoms with van der Waals surface area (Å²) in [5.74, 6) is -3.65. The molecule has 36 heavy (non-hydrogen) atoms. The number of carbonyl (C=O) groups excluding carboxylic acids is 3. The minimum Gasteiger partial charge on any atom is -0.508 e. The zero-order chi connectivity index (χ0) is 25.2. The molecule has 7 nitrogen and oxygen atoms in total. The van der Waals surface area contributed by atoms with Crippen LogP contribution < -0.4 is 15.5 Å². The first-order chi connectivity index (χ1) is 17.3. The van der Waals surface area contributed by atoms with Crippen LogP contribution in [-0.4, -0.2) is 28.9 Å². The first kappa shape index (κ1) is 22.4. The number of phenols is 1. The highest BCUT2D eigenvalue weighted by Crippen LogP contribution is 2.54. The fourth-order valence-corrected chi connectivity index (χ4v) is 5.97. The lowest BCUT2D eigenvalue weighted by Gasteiger charge is -2.29. The van der Waals surface area contributed by atoms with Crippen molar-refractivity contribution in [3.63, 3.8) is 0 Å². The third-order valence-corrected chi connectivity index (χ3v) is 7.67. The summed E-state index contributed by atoms with van der Waals surface area (Å²) in [6.07, 6.45) is 1.15. The molecule has 0 saturated carbocycles. The first-order valence-electron chi connectivity index (χ1n) is 12.0. The number of nitrogens with zero attached hydrogens (tertiary/aromatic N) is 1. The van der Waals surface area contributed by atoms with E-state index >= 15 is 0 Å². The lowest BCUT2D eigenvalue weighted by Crippen LogP contribution is -2.53. The number of halogens is 1. The highest BCUT2D eigenvalue weighted by Gasteiger charge is 2.70. The van der Waals surface area contributed by atoms with Gasteiger partial charge in [0.05, 0.1) is 17.5 Å². The van der Waals surface area contributed by atoms with Crippen molar-refractivity contribution in [1.29, 1.82) is 0 Å². The van der Waals surface area contributed by atoms with Gasteiger partial charge in [-0.15, -0.1) is 0 Å². The van der Waals surface area contributed by atoms with Crippen molar-refractivity contribution in [2.24, 2.45) is 11.8 Å². The van der Waals surface area contributed by atoms with Crippen LogP contribution in [0.5, 0.6) is 5.75 Å². The Morgan fingerprint density at radius 1 is 0.944 bits per heavy atom. The molecule has 4 atom stereocenters. The van der Waals surface area contributed by atoms with E-state index in [4.69, 9.17) is 0 Å². The van der Waals surface area contributed by atoms with E-state index in [0.717, 1.165) is 17.5 Å². The Kier molecular flexibility index (Phi) is 4.98. The minimum absolute atomic E-state index is 0.112. The number of nitrogens with one attached hydrogen (secondary N) is 2. The van der Waals surface area contributed by atoms with Crippen LogP contribution in [0, 0.1) is 17.7 Å². The van der Waals surface area contributed by atoms with Gasteiger partial charge in [0, 0.05) is 17.3 Å². The third-order valence-electron chi connectivity index (χ3n) is 7.67. The summed E-state index contributed by atoms with van der Waals surface area (Å²) in [6.45, 7) is 2.02. The highest BCUT2D eigenvalue weighted by atomic mass is 19.1. The Balaban J connectivity index is 1.48. The van der Waals surface area contributed by atoms with Crippen molar-refractivity contribution in [2.75, 3.05) is 10.2 Å². The summed E-state index contributed by atoms with van der Waals surface area (Å²) in [6, 6.07) is 17.2. The average molecular weight is 486 g/mol. The van der Waals surface area contributed by atoms with Crippen LogP contribution in [0.4, 0.5) is 15.8 Å². The lowest BCUT2D eigenvalue weighted by atomic mass is 9.76. The Hall–Kier alpha value is -4.04. The van der Waals surface area contributed by atoms with Crippen LogP contribution in [0.15, 0.2) is 66.7 Å². The predicted molar refractivity (Wildman–Crippen MR) is 131 cm³/mol. The molecule has 3 N–H and O–H groups in total. The van der Waals surface area contributed by atoms with Gasteiger partial charge in [-0.05, 0) is 66.4 Å². The molecule has 2 unspecified atom stereocenters. The summed E-state index contributed by atoms with van der Waals surface area (Å²) in [4.78, 5) is 42.5. The van der Waals surface area contributed by atoms with Gasteiger partial charge in [-0.25, -0.2) is 9.29 Å². The number of anilines is 2. The number of rotatable bonds is 4. The molecule has 3 aliphatic heterocycles. The molecule has 3 aliphatic rings. The number of benzene rings is 3. The van der Waals surface area contributed by atoms with Crippen LogP contribution in [0.3, 0.4) is 0 Å². The Bertz CT molecular complexity index is 1410. The molecule has 0 aliphatic carbocycles. The molecule has 8 heteroatoms. The van der Waals surface area contributed by atoms with Gasteiger partial charge in [0.1, 0.15) is 17.1 Å². The molecule has 1 spiro atoms. The van der Waals surface area contributed by atoms with E-state index in [1.807, 2.05) is 19.1 Å². The SMILES string of the molecule is CCc1ccc(N2C(=O)[C@@H]3C(Cc4ccc(O)cc4)NC4(C(=O)Nc5ccc(F)cc54)[C@@H]3C2=O)cc1. The van der Waals surface area contributed by atoms with Gasteiger partial charge < -0.3 is 10.4 Å². The normalized spacial score (nSPS) is 26.4. The summed E-state index contributed by atoms with van der Waals surface area (Å²) in [5, 5.41) is 15.8. The van der Waals surface area contributed by atoms with Gasteiger partial charge in [0.15, 0.2) is 0 Å². The van der Waals surface area contributed by atoms with E-state index in [-0.39, 0.29) is 11.7 Å². The summed E-state index contributed by atoms with van der Waals surface area (Å²) in [5.41, 5.74) is 1.53. The summed E-state index contributed by atoms with van der Waals surface area (Å²) < 4.78 is 14.4.